The molecular formula is C10H17F3N2O3. The highest BCUT2D eigenvalue weighted by Crippen LogP contribution is 2.15. The largest absolute Gasteiger partial charge is 0.471 e. The number of esters is 1. The van der Waals surface area contributed by atoms with E-state index in [9.17, 15) is 22.8 Å². The van der Waals surface area contributed by atoms with E-state index in [0.29, 0.717) is 19.4 Å². The number of nitrogens with one attached hydrogen (secondary N) is 1. The molecule has 0 aromatic carbocycles. The standard InChI is InChI=1S/C10H17F3N2O3/c1-2-18-8(16)7(5-3-4-6-14)15-9(17)10(11,12)13/h7H,2-6,14H2,1H3,(H,15,17)/t7-/m0/s1. The van der Waals surface area contributed by atoms with Crippen molar-refractivity contribution in [2.24, 2.45) is 5.73 Å². The number of nitrogens with two attached hydrogens (primary N) is 1. The molecule has 0 fully saturated rings. The molecule has 0 rings (SSSR count). The molecule has 0 bridgehead atoms. The van der Waals surface area contributed by atoms with Gasteiger partial charge >= 0.3 is 18.1 Å². The Morgan fingerprint density at radius 2 is 1.94 bits per heavy atom. The second-order valence-corrected chi connectivity index (χ2v) is 3.56. The van der Waals surface area contributed by atoms with E-state index in [1.807, 2.05) is 0 Å². The van der Waals surface area contributed by atoms with Gasteiger partial charge in [0.2, 0.25) is 0 Å². The van der Waals surface area contributed by atoms with Gasteiger partial charge in [-0.2, -0.15) is 13.2 Å². The minimum atomic E-state index is -5.02. The Hall–Kier alpha value is -1.31. The summed E-state index contributed by atoms with van der Waals surface area (Å²) in [5.41, 5.74) is 5.24. The molecule has 18 heavy (non-hydrogen) atoms. The molecule has 1 atom stereocenters. The summed E-state index contributed by atoms with van der Waals surface area (Å²) in [5, 5.41) is 1.62. The molecule has 8 heteroatoms. The van der Waals surface area contributed by atoms with Gasteiger partial charge < -0.3 is 15.8 Å². The Bertz CT molecular complexity index is 282. The van der Waals surface area contributed by atoms with Gasteiger partial charge in [-0.25, -0.2) is 4.79 Å². The van der Waals surface area contributed by atoms with Crippen molar-refractivity contribution in [1.82, 2.24) is 5.32 Å². The molecule has 0 aliphatic rings. The number of amides is 1. The number of halogens is 3. The van der Waals surface area contributed by atoms with E-state index in [2.05, 4.69) is 4.74 Å². The van der Waals surface area contributed by atoms with Crippen LogP contribution in [0.1, 0.15) is 26.2 Å². The van der Waals surface area contributed by atoms with Crippen LogP contribution in [0, 0.1) is 0 Å². The van der Waals surface area contributed by atoms with Gasteiger partial charge in [-0.3, -0.25) is 4.79 Å². The first-order valence-corrected chi connectivity index (χ1v) is 5.57. The third kappa shape index (κ3) is 6.43. The number of unbranched alkanes of at least 4 members (excludes halogenated alkanes) is 1. The van der Waals surface area contributed by atoms with Crippen molar-refractivity contribution in [3.63, 3.8) is 0 Å². The van der Waals surface area contributed by atoms with Crippen LogP contribution in [0.4, 0.5) is 13.2 Å². The summed E-state index contributed by atoms with van der Waals surface area (Å²) in [6.45, 7) is 1.93. The molecular weight excluding hydrogens is 253 g/mol. The molecule has 0 unspecified atom stereocenters. The zero-order valence-electron chi connectivity index (χ0n) is 10.0. The number of alkyl halides is 3. The molecule has 3 N–H and O–H groups in total. The summed E-state index contributed by atoms with van der Waals surface area (Å²) >= 11 is 0. The fourth-order valence-corrected chi connectivity index (χ4v) is 1.22. The molecule has 106 valence electrons. The topological polar surface area (TPSA) is 81.4 Å². The van der Waals surface area contributed by atoms with E-state index in [-0.39, 0.29) is 13.0 Å². The van der Waals surface area contributed by atoms with Gasteiger partial charge in [0.25, 0.3) is 0 Å². The van der Waals surface area contributed by atoms with E-state index in [1.165, 1.54) is 6.92 Å². The van der Waals surface area contributed by atoms with Crippen LogP contribution >= 0.6 is 0 Å². The zero-order chi connectivity index (χ0) is 14.2. The molecule has 0 spiro atoms. The molecule has 1 amide bonds. The number of rotatable bonds is 7. The van der Waals surface area contributed by atoms with Crippen LogP contribution in [0.2, 0.25) is 0 Å². The molecule has 0 heterocycles. The Balaban J connectivity index is 4.46. The second-order valence-electron chi connectivity index (χ2n) is 3.56. The van der Waals surface area contributed by atoms with Gasteiger partial charge in [-0.05, 0) is 32.7 Å². The summed E-state index contributed by atoms with van der Waals surface area (Å²) in [6, 6.07) is -1.29. The quantitative estimate of drug-likeness (QED) is 0.527. The molecule has 0 aliphatic carbocycles. The van der Waals surface area contributed by atoms with E-state index < -0.39 is 24.1 Å². The molecule has 0 radical (unpaired) electrons. The lowest BCUT2D eigenvalue weighted by atomic mass is 10.1. The van der Waals surface area contributed by atoms with Crippen LogP contribution in [0.15, 0.2) is 0 Å². The van der Waals surface area contributed by atoms with Crippen LogP contribution in [-0.4, -0.2) is 37.2 Å². The van der Waals surface area contributed by atoms with E-state index in [1.54, 1.807) is 5.32 Å². The van der Waals surface area contributed by atoms with Gasteiger partial charge in [0.1, 0.15) is 6.04 Å². The number of ether oxygens (including phenoxy) is 1. The van der Waals surface area contributed by atoms with Crippen molar-refractivity contribution < 1.29 is 27.5 Å². The summed E-state index contributed by atoms with van der Waals surface area (Å²) in [7, 11) is 0. The van der Waals surface area contributed by atoms with Gasteiger partial charge in [0.05, 0.1) is 6.61 Å². The SMILES string of the molecule is CCOC(=O)[C@H](CCCCN)NC(=O)C(F)(F)F. The number of hydrogen-bond donors (Lipinski definition) is 2. The Morgan fingerprint density at radius 3 is 2.39 bits per heavy atom. The van der Waals surface area contributed by atoms with E-state index in [4.69, 9.17) is 5.73 Å². The van der Waals surface area contributed by atoms with Crippen molar-refractivity contribution in [3.8, 4) is 0 Å². The average molecular weight is 270 g/mol. The Morgan fingerprint density at radius 1 is 1.33 bits per heavy atom. The van der Waals surface area contributed by atoms with E-state index in [0.717, 1.165) is 0 Å². The predicted molar refractivity (Wildman–Crippen MR) is 57.5 cm³/mol. The lowest BCUT2D eigenvalue weighted by molar-refractivity contribution is -0.176. The lowest BCUT2D eigenvalue weighted by Gasteiger charge is -2.17. The summed E-state index contributed by atoms with van der Waals surface area (Å²) in [6.07, 6.45) is -3.97. The van der Waals surface area contributed by atoms with Crippen LogP contribution in [0.3, 0.4) is 0 Å². The third-order valence-electron chi connectivity index (χ3n) is 2.08. The van der Waals surface area contributed by atoms with Crippen molar-refractivity contribution in [1.29, 1.82) is 0 Å². The highest BCUT2D eigenvalue weighted by molar-refractivity contribution is 5.87. The summed E-state index contributed by atoms with van der Waals surface area (Å²) in [4.78, 5) is 22.1. The fourth-order valence-electron chi connectivity index (χ4n) is 1.22. The first-order chi connectivity index (χ1) is 8.32. The molecule has 0 aromatic rings. The first-order valence-electron chi connectivity index (χ1n) is 5.57. The fraction of sp³-hybridized carbons (Fsp3) is 0.800. The van der Waals surface area contributed by atoms with Gasteiger partial charge in [-0.1, -0.05) is 0 Å². The van der Waals surface area contributed by atoms with Crippen molar-refractivity contribution in [2.75, 3.05) is 13.2 Å². The van der Waals surface area contributed by atoms with Crippen LogP contribution < -0.4 is 11.1 Å². The average Bonchev–Trinajstić information content (AvgIpc) is 2.26. The van der Waals surface area contributed by atoms with E-state index >= 15 is 0 Å². The smallest absolute Gasteiger partial charge is 0.464 e. The monoisotopic (exact) mass is 270 g/mol. The maximum absolute atomic E-state index is 12.1. The van der Waals surface area contributed by atoms with Gasteiger partial charge in [0, 0.05) is 0 Å². The van der Waals surface area contributed by atoms with Gasteiger partial charge in [0.15, 0.2) is 0 Å². The molecule has 0 aliphatic heterocycles. The molecule has 0 aromatic heterocycles. The predicted octanol–water partition coefficient (Wildman–Crippen LogP) is 0.726. The molecule has 0 saturated heterocycles. The van der Waals surface area contributed by atoms with Crippen LogP contribution in [0.5, 0.6) is 0 Å². The van der Waals surface area contributed by atoms with Gasteiger partial charge in [-0.15, -0.1) is 0 Å². The number of hydrogen-bond acceptors (Lipinski definition) is 4. The minimum absolute atomic E-state index is 0.0358. The zero-order valence-corrected chi connectivity index (χ0v) is 10.0. The van der Waals surface area contributed by atoms with Crippen molar-refractivity contribution in [3.05, 3.63) is 0 Å². The third-order valence-corrected chi connectivity index (χ3v) is 2.08. The van der Waals surface area contributed by atoms with Crippen LogP contribution in [-0.2, 0) is 14.3 Å². The maximum atomic E-state index is 12.1. The first kappa shape index (κ1) is 16.7. The van der Waals surface area contributed by atoms with Crippen molar-refractivity contribution in [2.45, 2.75) is 38.4 Å². The molecule has 5 nitrogen and oxygen atoms in total. The normalized spacial score (nSPS) is 12.9. The summed E-state index contributed by atoms with van der Waals surface area (Å²) < 4.78 is 40.8. The highest BCUT2D eigenvalue weighted by atomic mass is 19.4. The number of carbonyl (C=O) groups excluding carboxylic acids is 2. The Kier molecular flexibility index (Phi) is 7.33. The summed E-state index contributed by atoms with van der Waals surface area (Å²) in [5.74, 6) is -3.01. The second kappa shape index (κ2) is 7.91. The maximum Gasteiger partial charge on any atom is 0.471 e. The van der Waals surface area contributed by atoms with Crippen LogP contribution in [0.25, 0.3) is 0 Å². The van der Waals surface area contributed by atoms with Crippen molar-refractivity contribution >= 4 is 11.9 Å². The highest BCUT2D eigenvalue weighted by Gasteiger charge is 2.40. The number of carbonyl (C=O) groups is 2. The molecule has 0 saturated carbocycles. The minimum Gasteiger partial charge on any atom is -0.464 e. The Labute approximate surface area is 103 Å². The lowest BCUT2D eigenvalue weighted by Crippen LogP contribution is -2.47.